The fourth-order valence-corrected chi connectivity index (χ4v) is 3.66. The van der Waals surface area contributed by atoms with Crippen molar-refractivity contribution >= 4 is 0 Å². The maximum absolute atomic E-state index is 13.2. The molecule has 3 unspecified atom stereocenters. The van der Waals surface area contributed by atoms with Gasteiger partial charge in [0.15, 0.2) is 0 Å². The molecule has 21 heavy (non-hydrogen) atoms. The maximum Gasteiger partial charge on any atom is 0.391 e. The third-order valence-corrected chi connectivity index (χ3v) is 5.15. The Morgan fingerprint density at radius 1 is 1.33 bits per heavy atom. The number of halogens is 3. The van der Waals surface area contributed by atoms with E-state index in [0.717, 1.165) is 32.2 Å². The quantitative estimate of drug-likeness (QED) is 0.758. The number of nitrogens with zero attached hydrogens (tertiary/aromatic N) is 1. The zero-order chi connectivity index (χ0) is 16.1. The molecule has 0 heterocycles. The van der Waals surface area contributed by atoms with Crippen LogP contribution in [0.5, 0.6) is 0 Å². The third-order valence-electron chi connectivity index (χ3n) is 5.15. The monoisotopic (exact) mass is 308 g/mol. The van der Waals surface area contributed by atoms with Crippen LogP contribution >= 0.6 is 0 Å². The highest BCUT2D eigenvalue weighted by molar-refractivity contribution is 4.99. The Morgan fingerprint density at radius 3 is 2.48 bits per heavy atom. The van der Waals surface area contributed by atoms with Crippen LogP contribution in [-0.4, -0.2) is 35.7 Å². The van der Waals surface area contributed by atoms with Gasteiger partial charge >= 0.3 is 6.18 Å². The lowest BCUT2D eigenvalue weighted by atomic mass is 9.73. The van der Waals surface area contributed by atoms with Crippen molar-refractivity contribution in [2.24, 2.45) is 11.7 Å². The molecule has 0 amide bonds. The minimum absolute atomic E-state index is 0.168. The SMILES string of the molecule is CCCCN(C(C)CC)C1(CN)CCCC(C(F)(F)F)C1. The van der Waals surface area contributed by atoms with Crippen LogP contribution in [-0.2, 0) is 0 Å². The van der Waals surface area contributed by atoms with E-state index in [0.29, 0.717) is 13.0 Å². The van der Waals surface area contributed by atoms with E-state index in [1.807, 2.05) is 0 Å². The second-order valence-electron chi connectivity index (χ2n) is 6.57. The highest BCUT2D eigenvalue weighted by Gasteiger charge is 2.49. The molecule has 1 aliphatic carbocycles. The number of alkyl halides is 3. The van der Waals surface area contributed by atoms with Crippen LogP contribution in [0, 0.1) is 5.92 Å². The van der Waals surface area contributed by atoms with Crippen LogP contribution in [0.2, 0.25) is 0 Å². The number of rotatable bonds is 7. The van der Waals surface area contributed by atoms with Gasteiger partial charge in [-0.15, -0.1) is 0 Å². The maximum atomic E-state index is 13.2. The minimum atomic E-state index is -4.09. The standard InChI is InChI=1S/C16H31F3N2/c1-4-6-10-21(13(3)5-2)15(12-20)9-7-8-14(11-15)16(17,18)19/h13-14H,4-12,20H2,1-3H3. The molecule has 0 aromatic rings. The van der Waals surface area contributed by atoms with Crippen LogP contribution in [0.3, 0.4) is 0 Å². The first-order valence-electron chi connectivity index (χ1n) is 8.34. The molecule has 3 atom stereocenters. The Kier molecular flexibility index (Phi) is 6.98. The van der Waals surface area contributed by atoms with Crippen LogP contribution in [0.1, 0.15) is 65.7 Å². The first kappa shape index (κ1) is 18.8. The predicted molar refractivity (Wildman–Crippen MR) is 81.2 cm³/mol. The van der Waals surface area contributed by atoms with Gasteiger partial charge < -0.3 is 5.73 Å². The van der Waals surface area contributed by atoms with E-state index in [1.54, 1.807) is 0 Å². The first-order chi connectivity index (χ1) is 9.80. The Hall–Kier alpha value is -0.290. The van der Waals surface area contributed by atoms with Crippen molar-refractivity contribution < 1.29 is 13.2 Å². The second-order valence-corrected chi connectivity index (χ2v) is 6.57. The fraction of sp³-hybridized carbons (Fsp3) is 1.00. The van der Waals surface area contributed by atoms with Gasteiger partial charge in [0.25, 0.3) is 0 Å². The molecule has 126 valence electrons. The molecule has 2 nitrogen and oxygen atoms in total. The van der Waals surface area contributed by atoms with E-state index in [1.165, 1.54) is 0 Å². The molecule has 1 aliphatic rings. The van der Waals surface area contributed by atoms with Crippen molar-refractivity contribution in [3.05, 3.63) is 0 Å². The van der Waals surface area contributed by atoms with E-state index in [4.69, 9.17) is 5.73 Å². The van der Waals surface area contributed by atoms with E-state index < -0.39 is 17.6 Å². The van der Waals surface area contributed by atoms with Crippen LogP contribution < -0.4 is 5.73 Å². The Balaban J connectivity index is 2.97. The van der Waals surface area contributed by atoms with Crippen molar-refractivity contribution in [3.63, 3.8) is 0 Å². The molecule has 2 N–H and O–H groups in total. The van der Waals surface area contributed by atoms with Crippen LogP contribution in [0.25, 0.3) is 0 Å². The molecule has 0 aromatic carbocycles. The molecule has 0 aliphatic heterocycles. The number of hydrogen-bond donors (Lipinski definition) is 1. The summed E-state index contributed by atoms with van der Waals surface area (Å²) in [6.45, 7) is 7.51. The van der Waals surface area contributed by atoms with Crippen molar-refractivity contribution in [2.75, 3.05) is 13.1 Å². The molecular weight excluding hydrogens is 277 g/mol. The highest BCUT2D eigenvalue weighted by atomic mass is 19.4. The predicted octanol–water partition coefficient (Wildman–Crippen LogP) is 4.34. The van der Waals surface area contributed by atoms with Crippen LogP contribution in [0.15, 0.2) is 0 Å². The number of nitrogens with two attached hydrogens (primary N) is 1. The number of unbranched alkanes of at least 4 members (excludes halogenated alkanes) is 1. The molecule has 5 heteroatoms. The molecular formula is C16H31F3N2. The van der Waals surface area contributed by atoms with Crippen molar-refractivity contribution in [1.29, 1.82) is 0 Å². The molecule has 0 bridgehead atoms. The average Bonchev–Trinajstić information content (AvgIpc) is 2.46. The van der Waals surface area contributed by atoms with E-state index in [9.17, 15) is 13.2 Å². The van der Waals surface area contributed by atoms with Gasteiger partial charge in [-0.1, -0.05) is 26.7 Å². The van der Waals surface area contributed by atoms with Crippen molar-refractivity contribution in [1.82, 2.24) is 4.90 Å². The summed E-state index contributed by atoms with van der Waals surface area (Å²) in [5.74, 6) is -1.19. The largest absolute Gasteiger partial charge is 0.391 e. The van der Waals surface area contributed by atoms with E-state index in [2.05, 4.69) is 25.7 Å². The highest BCUT2D eigenvalue weighted by Crippen LogP contribution is 2.44. The second kappa shape index (κ2) is 7.82. The summed E-state index contributed by atoms with van der Waals surface area (Å²) in [7, 11) is 0. The Morgan fingerprint density at radius 2 is 2.00 bits per heavy atom. The Labute approximate surface area is 127 Å². The van der Waals surface area contributed by atoms with Gasteiger partial charge in [-0.2, -0.15) is 13.2 Å². The summed E-state index contributed by atoms with van der Waals surface area (Å²) in [6, 6.07) is 0.284. The average molecular weight is 308 g/mol. The summed E-state index contributed by atoms with van der Waals surface area (Å²) < 4.78 is 39.5. The van der Waals surface area contributed by atoms with Gasteiger partial charge in [-0.05, 0) is 45.6 Å². The lowest BCUT2D eigenvalue weighted by Gasteiger charge is -2.51. The van der Waals surface area contributed by atoms with Gasteiger partial charge in [0.05, 0.1) is 5.92 Å². The molecule has 1 rings (SSSR count). The van der Waals surface area contributed by atoms with E-state index in [-0.39, 0.29) is 18.9 Å². The smallest absolute Gasteiger partial charge is 0.329 e. The van der Waals surface area contributed by atoms with E-state index >= 15 is 0 Å². The van der Waals surface area contributed by atoms with Gasteiger partial charge in [0.2, 0.25) is 0 Å². The summed E-state index contributed by atoms with van der Waals surface area (Å²) in [5, 5.41) is 0. The lowest BCUT2D eigenvalue weighted by Crippen LogP contribution is -2.60. The van der Waals surface area contributed by atoms with Gasteiger partial charge in [-0.3, -0.25) is 4.90 Å². The zero-order valence-corrected chi connectivity index (χ0v) is 13.7. The topological polar surface area (TPSA) is 29.3 Å². The van der Waals surface area contributed by atoms with Crippen molar-refractivity contribution in [2.45, 2.75) is 83.5 Å². The zero-order valence-electron chi connectivity index (χ0n) is 13.7. The summed E-state index contributed by atoms with van der Waals surface area (Å²) in [4.78, 5) is 2.29. The first-order valence-corrected chi connectivity index (χ1v) is 8.34. The molecule has 0 radical (unpaired) electrons. The van der Waals surface area contributed by atoms with Crippen LogP contribution in [0.4, 0.5) is 13.2 Å². The summed E-state index contributed by atoms with van der Waals surface area (Å²) >= 11 is 0. The Bertz CT molecular complexity index is 306. The van der Waals surface area contributed by atoms with Gasteiger partial charge in [0, 0.05) is 18.1 Å². The molecule has 1 fully saturated rings. The van der Waals surface area contributed by atoms with Gasteiger partial charge in [-0.25, -0.2) is 0 Å². The van der Waals surface area contributed by atoms with Crippen molar-refractivity contribution in [3.8, 4) is 0 Å². The lowest BCUT2D eigenvalue weighted by molar-refractivity contribution is -0.195. The molecule has 0 saturated heterocycles. The molecule has 0 aromatic heterocycles. The minimum Gasteiger partial charge on any atom is -0.329 e. The molecule has 0 spiro atoms. The molecule has 1 saturated carbocycles. The fourth-order valence-electron chi connectivity index (χ4n) is 3.66. The third kappa shape index (κ3) is 4.59. The van der Waals surface area contributed by atoms with Gasteiger partial charge in [0.1, 0.15) is 0 Å². The summed E-state index contributed by atoms with van der Waals surface area (Å²) in [5.41, 5.74) is 5.53. The summed E-state index contributed by atoms with van der Waals surface area (Å²) in [6.07, 6.45) is 0.771. The number of hydrogen-bond acceptors (Lipinski definition) is 2. The normalized spacial score (nSPS) is 28.9.